The van der Waals surface area contributed by atoms with Gasteiger partial charge in [0.25, 0.3) is 0 Å². The minimum atomic E-state index is -0.877. The van der Waals surface area contributed by atoms with Gasteiger partial charge in [0.05, 0.1) is 11.9 Å². The molecule has 1 aliphatic heterocycles. The summed E-state index contributed by atoms with van der Waals surface area (Å²) < 4.78 is 0. The molecule has 7 heteroatoms. The number of hydrogen-bond donors (Lipinski definition) is 1. The molecule has 0 saturated heterocycles. The van der Waals surface area contributed by atoms with Gasteiger partial charge in [-0.15, -0.1) is 11.3 Å². The van der Waals surface area contributed by atoms with Crippen molar-refractivity contribution in [2.75, 3.05) is 6.54 Å². The summed E-state index contributed by atoms with van der Waals surface area (Å²) in [5, 5.41) is 10.4. The van der Waals surface area contributed by atoms with Crippen molar-refractivity contribution >= 4 is 39.2 Å². The number of carbonyl (C=O) groups is 1. The summed E-state index contributed by atoms with van der Waals surface area (Å²) in [6, 6.07) is 0. The van der Waals surface area contributed by atoms with E-state index in [1.807, 2.05) is 0 Å². The molecular weight excluding hydrogens is 274 g/mol. The van der Waals surface area contributed by atoms with Crippen LogP contribution in [0, 0.1) is 0 Å². The number of rotatable bonds is 0. The van der Waals surface area contributed by atoms with E-state index in [1.165, 1.54) is 22.6 Å². The van der Waals surface area contributed by atoms with Crippen LogP contribution in [0.1, 0.15) is 16.9 Å². The van der Waals surface area contributed by atoms with Crippen molar-refractivity contribution in [2.24, 2.45) is 0 Å². The smallest absolute Gasteiger partial charge is 0.407 e. The number of fused-ring (bicyclic) bond motifs is 3. The highest BCUT2D eigenvalue weighted by Gasteiger charge is 2.23. The monoisotopic (exact) mass is 283 g/mol. The van der Waals surface area contributed by atoms with Gasteiger partial charge >= 0.3 is 6.09 Å². The molecule has 0 atom stereocenters. The highest BCUT2D eigenvalue weighted by atomic mass is 35.5. The highest BCUT2D eigenvalue weighted by Crippen LogP contribution is 2.36. The topological polar surface area (TPSA) is 66.3 Å². The summed E-state index contributed by atoms with van der Waals surface area (Å²) in [5.41, 5.74) is 1.12. The van der Waals surface area contributed by atoms with Gasteiger partial charge in [0, 0.05) is 11.4 Å². The number of carboxylic acid groups (broad SMARTS) is 1. The first-order valence-electron chi connectivity index (χ1n) is 5.55. The molecule has 1 aliphatic rings. The van der Waals surface area contributed by atoms with Crippen LogP contribution < -0.4 is 0 Å². The van der Waals surface area contributed by atoms with Crippen LogP contribution in [0.4, 0.5) is 4.79 Å². The van der Waals surface area contributed by atoms with Crippen LogP contribution in [0.5, 0.6) is 0 Å². The molecule has 0 unspecified atom stereocenters. The average molecular weight is 284 g/mol. The lowest BCUT2D eigenvalue weighted by Gasteiger charge is -2.15. The molecule has 94 valence electrons. The quantitative estimate of drug-likeness (QED) is 0.755. The van der Waals surface area contributed by atoms with Crippen molar-refractivity contribution in [1.82, 2.24) is 14.9 Å². The maximum atomic E-state index is 11.1. The Hall–Kier alpha value is -1.40. The Balaban J connectivity index is 2.14. The number of halogens is 1. The standard InChI is InChI=1S/C11H10ClN3O2S/c12-9-8-6-2-1-3-15(11(16)17)4-7(6)18-10(8)14-5-13-9/h5H,1-4H2,(H,16,17). The number of hydrogen-bond acceptors (Lipinski definition) is 4. The Morgan fingerprint density at radius 2 is 2.33 bits per heavy atom. The van der Waals surface area contributed by atoms with E-state index in [9.17, 15) is 4.79 Å². The summed E-state index contributed by atoms with van der Waals surface area (Å²) in [5.74, 6) is 0. The molecule has 5 nitrogen and oxygen atoms in total. The molecule has 0 aromatic carbocycles. The molecule has 0 saturated carbocycles. The van der Waals surface area contributed by atoms with Gasteiger partial charge in [0.1, 0.15) is 16.3 Å². The third-order valence-electron chi connectivity index (χ3n) is 3.08. The van der Waals surface area contributed by atoms with E-state index in [2.05, 4.69) is 9.97 Å². The van der Waals surface area contributed by atoms with Gasteiger partial charge in [-0.25, -0.2) is 14.8 Å². The number of nitrogens with zero attached hydrogens (tertiary/aromatic N) is 3. The first-order valence-corrected chi connectivity index (χ1v) is 6.75. The van der Waals surface area contributed by atoms with Crippen LogP contribution in [0.25, 0.3) is 10.2 Å². The van der Waals surface area contributed by atoms with E-state index in [0.29, 0.717) is 18.2 Å². The average Bonchev–Trinajstić information content (AvgIpc) is 2.54. The van der Waals surface area contributed by atoms with Crippen LogP contribution in [0.3, 0.4) is 0 Å². The molecule has 0 radical (unpaired) electrons. The summed E-state index contributed by atoms with van der Waals surface area (Å²) >= 11 is 7.62. The van der Waals surface area contributed by atoms with E-state index in [4.69, 9.17) is 16.7 Å². The number of aromatic nitrogens is 2. The van der Waals surface area contributed by atoms with Crippen molar-refractivity contribution in [3.05, 3.63) is 21.9 Å². The maximum Gasteiger partial charge on any atom is 0.407 e. The van der Waals surface area contributed by atoms with Crippen LogP contribution in [0.2, 0.25) is 5.15 Å². The molecule has 1 amide bonds. The van der Waals surface area contributed by atoms with Gasteiger partial charge in [-0.3, -0.25) is 0 Å². The first kappa shape index (κ1) is 11.7. The second-order valence-corrected chi connectivity index (χ2v) is 5.60. The lowest BCUT2D eigenvalue weighted by Crippen LogP contribution is -2.28. The normalized spacial score (nSPS) is 15.5. The largest absolute Gasteiger partial charge is 0.465 e. The Morgan fingerprint density at radius 1 is 1.50 bits per heavy atom. The number of thiophene rings is 1. The summed E-state index contributed by atoms with van der Waals surface area (Å²) in [7, 11) is 0. The molecule has 2 aromatic rings. The van der Waals surface area contributed by atoms with Gasteiger partial charge in [-0.2, -0.15) is 0 Å². The Kier molecular flexibility index (Phi) is 2.83. The van der Waals surface area contributed by atoms with Crippen molar-refractivity contribution in [3.63, 3.8) is 0 Å². The van der Waals surface area contributed by atoms with Crippen LogP contribution >= 0.6 is 22.9 Å². The lowest BCUT2D eigenvalue weighted by atomic mass is 10.1. The van der Waals surface area contributed by atoms with Gasteiger partial charge in [0.2, 0.25) is 0 Å². The lowest BCUT2D eigenvalue weighted by molar-refractivity contribution is 0.143. The maximum absolute atomic E-state index is 11.1. The summed E-state index contributed by atoms with van der Waals surface area (Å²) in [6.45, 7) is 0.978. The van der Waals surface area contributed by atoms with E-state index < -0.39 is 6.09 Å². The predicted octanol–water partition coefficient (Wildman–Crippen LogP) is 2.77. The van der Waals surface area contributed by atoms with Crippen molar-refractivity contribution in [2.45, 2.75) is 19.4 Å². The van der Waals surface area contributed by atoms with Crippen LogP contribution in [-0.2, 0) is 13.0 Å². The Morgan fingerprint density at radius 3 is 3.11 bits per heavy atom. The second-order valence-electron chi connectivity index (χ2n) is 4.16. The van der Waals surface area contributed by atoms with Crippen molar-refractivity contribution < 1.29 is 9.90 Å². The third-order valence-corrected chi connectivity index (χ3v) is 4.50. The fraction of sp³-hybridized carbons (Fsp3) is 0.364. The van der Waals surface area contributed by atoms with Crippen molar-refractivity contribution in [1.29, 1.82) is 0 Å². The zero-order valence-corrected chi connectivity index (χ0v) is 11.0. The SMILES string of the molecule is O=C(O)N1CCCc2c(sc3ncnc(Cl)c23)C1. The molecule has 0 bridgehead atoms. The fourth-order valence-corrected chi connectivity index (χ4v) is 3.76. The number of aryl methyl sites for hydroxylation is 1. The molecule has 1 N–H and O–H groups in total. The van der Waals surface area contributed by atoms with Gasteiger partial charge in [-0.05, 0) is 18.4 Å². The molecule has 0 fully saturated rings. The first-order chi connectivity index (χ1) is 8.66. The van der Waals surface area contributed by atoms with E-state index >= 15 is 0 Å². The fourth-order valence-electron chi connectivity index (χ4n) is 2.25. The molecule has 0 aliphatic carbocycles. The Labute approximate surface area is 112 Å². The second kappa shape index (κ2) is 4.37. The van der Waals surface area contributed by atoms with E-state index in [-0.39, 0.29) is 0 Å². The van der Waals surface area contributed by atoms with Crippen LogP contribution in [-0.4, -0.2) is 32.6 Å². The minimum absolute atomic E-state index is 0.419. The van der Waals surface area contributed by atoms with Gasteiger partial charge in [-0.1, -0.05) is 11.6 Å². The molecule has 2 aromatic heterocycles. The molecule has 3 heterocycles. The minimum Gasteiger partial charge on any atom is -0.465 e. The molecule has 18 heavy (non-hydrogen) atoms. The van der Waals surface area contributed by atoms with E-state index in [1.54, 1.807) is 0 Å². The molecule has 0 spiro atoms. The highest BCUT2D eigenvalue weighted by molar-refractivity contribution is 7.19. The zero-order chi connectivity index (χ0) is 12.7. The molecular formula is C11H10ClN3O2S. The third kappa shape index (κ3) is 1.81. The Bertz CT molecular complexity index is 628. The number of amides is 1. The van der Waals surface area contributed by atoms with Crippen LogP contribution in [0.15, 0.2) is 6.33 Å². The summed E-state index contributed by atoms with van der Waals surface area (Å²) in [4.78, 5) is 22.6. The van der Waals surface area contributed by atoms with Gasteiger partial charge < -0.3 is 10.0 Å². The van der Waals surface area contributed by atoms with E-state index in [0.717, 1.165) is 33.5 Å². The van der Waals surface area contributed by atoms with Gasteiger partial charge in [0.15, 0.2) is 0 Å². The predicted molar refractivity (Wildman–Crippen MR) is 69.2 cm³/mol. The molecule has 3 rings (SSSR count). The summed E-state index contributed by atoms with van der Waals surface area (Å²) in [6.07, 6.45) is 2.19. The zero-order valence-electron chi connectivity index (χ0n) is 9.39. The van der Waals surface area contributed by atoms with Crippen molar-refractivity contribution in [3.8, 4) is 0 Å².